The Morgan fingerprint density at radius 2 is 2.27 bits per heavy atom. The van der Waals surface area contributed by atoms with E-state index >= 15 is 0 Å². The number of rotatable bonds is 6. The molecule has 122 valence electrons. The molecule has 1 aliphatic heterocycles. The molecule has 0 radical (unpaired) electrons. The summed E-state index contributed by atoms with van der Waals surface area (Å²) in [5.74, 6) is 3.10. The number of thioether (sulfide) groups is 1. The zero-order valence-electron chi connectivity index (χ0n) is 13.6. The van der Waals surface area contributed by atoms with Crippen molar-refractivity contribution in [2.45, 2.75) is 45.4 Å². The van der Waals surface area contributed by atoms with E-state index in [1.54, 1.807) is 0 Å². The number of benzene rings is 1. The SMILES string of the molecule is CC(C)Oc1cccc(C(C)NC(=O)CC2CSCCN2)c1. The number of carbonyl (C=O) groups is 1. The van der Waals surface area contributed by atoms with Crippen molar-refractivity contribution in [3.05, 3.63) is 29.8 Å². The van der Waals surface area contributed by atoms with Gasteiger partial charge in [-0.1, -0.05) is 12.1 Å². The van der Waals surface area contributed by atoms with Crippen LogP contribution in [0.4, 0.5) is 0 Å². The molecule has 1 amide bonds. The highest BCUT2D eigenvalue weighted by Crippen LogP contribution is 2.20. The lowest BCUT2D eigenvalue weighted by atomic mass is 10.1. The summed E-state index contributed by atoms with van der Waals surface area (Å²) in [7, 11) is 0. The molecule has 2 rings (SSSR count). The molecule has 2 unspecified atom stereocenters. The Balaban J connectivity index is 1.87. The Bertz CT molecular complexity index is 487. The molecule has 0 spiro atoms. The molecule has 1 saturated heterocycles. The van der Waals surface area contributed by atoms with Gasteiger partial charge in [0.05, 0.1) is 12.1 Å². The standard InChI is InChI=1S/C17H26N2O2S/c1-12(2)21-16-6-4-5-14(9-16)13(3)19-17(20)10-15-11-22-8-7-18-15/h4-6,9,12-13,15,18H,7-8,10-11H2,1-3H3,(H,19,20). The minimum Gasteiger partial charge on any atom is -0.491 e. The van der Waals surface area contributed by atoms with Crippen molar-refractivity contribution in [2.75, 3.05) is 18.1 Å². The van der Waals surface area contributed by atoms with Crippen LogP contribution in [-0.2, 0) is 4.79 Å². The Labute approximate surface area is 137 Å². The lowest BCUT2D eigenvalue weighted by Crippen LogP contribution is -2.41. The van der Waals surface area contributed by atoms with Crippen LogP contribution in [-0.4, -0.2) is 36.1 Å². The fourth-order valence-corrected chi connectivity index (χ4v) is 3.44. The smallest absolute Gasteiger partial charge is 0.222 e. The first-order valence-corrected chi connectivity index (χ1v) is 9.07. The van der Waals surface area contributed by atoms with Crippen LogP contribution in [0.1, 0.15) is 38.8 Å². The molecule has 4 nitrogen and oxygen atoms in total. The summed E-state index contributed by atoms with van der Waals surface area (Å²) < 4.78 is 5.71. The van der Waals surface area contributed by atoms with Gasteiger partial charge in [-0.15, -0.1) is 0 Å². The first-order chi connectivity index (χ1) is 10.5. The number of amides is 1. The monoisotopic (exact) mass is 322 g/mol. The Morgan fingerprint density at radius 3 is 2.95 bits per heavy atom. The predicted octanol–water partition coefficient (Wildman–Crippen LogP) is 2.75. The van der Waals surface area contributed by atoms with E-state index < -0.39 is 0 Å². The molecule has 0 saturated carbocycles. The van der Waals surface area contributed by atoms with Gasteiger partial charge in [-0.05, 0) is 38.5 Å². The van der Waals surface area contributed by atoms with Crippen molar-refractivity contribution in [1.29, 1.82) is 0 Å². The fraction of sp³-hybridized carbons (Fsp3) is 0.588. The molecule has 0 bridgehead atoms. The molecule has 1 aromatic carbocycles. The second-order valence-corrected chi connectivity index (χ2v) is 7.11. The molecular weight excluding hydrogens is 296 g/mol. The largest absolute Gasteiger partial charge is 0.491 e. The van der Waals surface area contributed by atoms with Gasteiger partial charge in [0.2, 0.25) is 5.91 Å². The van der Waals surface area contributed by atoms with Gasteiger partial charge in [-0.3, -0.25) is 4.79 Å². The third-order valence-electron chi connectivity index (χ3n) is 3.54. The molecule has 1 aliphatic rings. The van der Waals surface area contributed by atoms with Crippen LogP contribution in [0.2, 0.25) is 0 Å². The second-order valence-electron chi connectivity index (χ2n) is 5.96. The maximum atomic E-state index is 12.2. The van der Waals surface area contributed by atoms with Crippen LogP contribution in [0.5, 0.6) is 5.75 Å². The lowest BCUT2D eigenvalue weighted by Gasteiger charge is -2.23. The molecular formula is C17H26N2O2S. The first kappa shape index (κ1) is 17.2. The molecule has 2 N–H and O–H groups in total. The summed E-state index contributed by atoms with van der Waals surface area (Å²) in [5, 5.41) is 6.47. The third-order valence-corrected chi connectivity index (χ3v) is 4.67. The second kappa shape index (κ2) is 8.44. The Hall–Kier alpha value is -1.20. The van der Waals surface area contributed by atoms with Crippen molar-refractivity contribution in [2.24, 2.45) is 0 Å². The van der Waals surface area contributed by atoms with E-state index in [0.717, 1.165) is 29.4 Å². The van der Waals surface area contributed by atoms with Gasteiger partial charge in [0.15, 0.2) is 0 Å². The maximum absolute atomic E-state index is 12.2. The number of ether oxygens (including phenoxy) is 1. The summed E-state index contributed by atoms with van der Waals surface area (Å²) in [6.45, 7) is 7.02. The van der Waals surface area contributed by atoms with Crippen LogP contribution in [0.25, 0.3) is 0 Å². The van der Waals surface area contributed by atoms with E-state index in [9.17, 15) is 4.79 Å². The summed E-state index contributed by atoms with van der Waals surface area (Å²) in [6, 6.07) is 8.21. The molecule has 1 aromatic rings. The number of carbonyl (C=O) groups excluding carboxylic acids is 1. The number of hydrogen-bond acceptors (Lipinski definition) is 4. The minimum absolute atomic E-state index is 0.0144. The Morgan fingerprint density at radius 1 is 1.45 bits per heavy atom. The quantitative estimate of drug-likeness (QED) is 0.845. The topological polar surface area (TPSA) is 50.4 Å². The van der Waals surface area contributed by atoms with Crippen LogP contribution in [0.3, 0.4) is 0 Å². The normalized spacial score (nSPS) is 19.7. The van der Waals surface area contributed by atoms with Crippen LogP contribution in [0.15, 0.2) is 24.3 Å². The van der Waals surface area contributed by atoms with E-state index in [2.05, 4.69) is 10.6 Å². The molecule has 1 heterocycles. The van der Waals surface area contributed by atoms with Crippen LogP contribution >= 0.6 is 11.8 Å². The van der Waals surface area contributed by atoms with Crippen molar-refractivity contribution >= 4 is 17.7 Å². The zero-order chi connectivity index (χ0) is 15.9. The summed E-state index contributed by atoms with van der Waals surface area (Å²) in [6.07, 6.45) is 0.689. The van der Waals surface area contributed by atoms with Crippen molar-refractivity contribution in [1.82, 2.24) is 10.6 Å². The molecule has 2 atom stereocenters. The van der Waals surface area contributed by atoms with E-state index in [4.69, 9.17) is 4.74 Å². The molecule has 1 fully saturated rings. The molecule has 0 aromatic heterocycles. The van der Waals surface area contributed by atoms with Crippen LogP contribution < -0.4 is 15.4 Å². The highest BCUT2D eigenvalue weighted by atomic mass is 32.2. The van der Waals surface area contributed by atoms with E-state index in [-0.39, 0.29) is 18.1 Å². The lowest BCUT2D eigenvalue weighted by molar-refractivity contribution is -0.122. The molecule has 22 heavy (non-hydrogen) atoms. The summed E-state index contributed by atoms with van der Waals surface area (Å²) in [5.41, 5.74) is 1.07. The average molecular weight is 322 g/mol. The van der Waals surface area contributed by atoms with Crippen molar-refractivity contribution in [3.63, 3.8) is 0 Å². The third kappa shape index (κ3) is 5.54. The average Bonchev–Trinajstić information content (AvgIpc) is 2.47. The first-order valence-electron chi connectivity index (χ1n) is 7.91. The van der Waals surface area contributed by atoms with Crippen LogP contribution in [0, 0.1) is 0 Å². The highest BCUT2D eigenvalue weighted by molar-refractivity contribution is 7.99. The van der Waals surface area contributed by atoms with E-state index in [1.807, 2.05) is 56.8 Å². The summed E-state index contributed by atoms with van der Waals surface area (Å²) >= 11 is 1.91. The Kier molecular flexibility index (Phi) is 6.58. The molecule has 5 heteroatoms. The number of nitrogens with one attached hydrogen (secondary N) is 2. The summed E-state index contributed by atoms with van der Waals surface area (Å²) in [4.78, 5) is 12.2. The van der Waals surface area contributed by atoms with Crippen molar-refractivity contribution < 1.29 is 9.53 Å². The highest BCUT2D eigenvalue weighted by Gasteiger charge is 2.18. The van der Waals surface area contributed by atoms with Gasteiger partial charge in [0, 0.05) is 30.5 Å². The predicted molar refractivity (Wildman–Crippen MR) is 92.5 cm³/mol. The molecule has 0 aliphatic carbocycles. The zero-order valence-corrected chi connectivity index (χ0v) is 14.4. The van der Waals surface area contributed by atoms with Gasteiger partial charge in [0.1, 0.15) is 5.75 Å². The van der Waals surface area contributed by atoms with Gasteiger partial charge in [-0.25, -0.2) is 0 Å². The van der Waals surface area contributed by atoms with E-state index in [1.165, 1.54) is 0 Å². The number of hydrogen-bond donors (Lipinski definition) is 2. The minimum atomic E-state index is -0.0144. The fourth-order valence-electron chi connectivity index (χ4n) is 2.49. The van der Waals surface area contributed by atoms with E-state index in [0.29, 0.717) is 12.5 Å². The van der Waals surface area contributed by atoms with Crippen molar-refractivity contribution in [3.8, 4) is 5.75 Å². The van der Waals surface area contributed by atoms with Gasteiger partial charge in [-0.2, -0.15) is 11.8 Å². The van der Waals surface area contributed by atoms with Gasteiger partial charge < -0.3 is 15.4 Å². The van der Waals surface area contributed by atoms with Gasteiger partial charge in [0.25, 0.3) is 0 Å². The maximum Gasteiger partial charge on any atom is 0.222 e. The van der Waals surface area contributed by atoms with Gasteiger partial charge >= 0.3 is 0 Å².